The van der Waals surface area contributed by atoms with Gasteiger partial charge in [-0.3, -0.25) is 4.90 Å². The van der Waals surface area contributed by atoms with Crippen molar-refractivity contribution in [2.75, 3.05) is 38.7 Å². The maximum absolute atomic E-state index is 8.73. The highest BCUT2D eigenvalue weighted by Gasteiger charge is 2.25. The highest BCUT2D eigenvalue weighted by Crippen LogP contribution is 2.25. The standard InChI is InChI=1S/C14H19N3O/c1-16(9-7-15)13-6-8-17(11-13)12-4-3-5-14(10-12)18-2/h3-5,10,13H,6,8-9,11H2,1-2H3. The van der Waals surface area contributed by atoms with Gasteiger partial charge in [-0.2, -0.15) is 5.26 Å². The van der Waals surface area contributed by atoms with Gasteiger partial charge in [-0.15, -0.1) is 0 Å². The van der Waals surface area contributed by atoms with Crippen molar-refractivity contribution in [1.82, 2.24) is 4.90 Å². The molecule has 4 heteroatoms. The number of ether oxygens (including phenoxy) is 1. The van der Waals surface area contributed by atoms with Crippen LogP contribution >= 0.6 is 0 Å². The minimum absolute atomic E-state index is 0.468. The van der Waals surface area contributed by atoms with E-state index in [9.17, 15) is 0 Å². The molecule has 1 saturated heterocycles. The molecule has 0 saturated carbocycles. The summed E-state index contributed by atoms with van der Waals surface area (Å²) in [6.07, 6.45) is 1.11. The van der Waals surface area contributed by atoms with Crippen LogP contribution in [0.1, 0.15) is 6.42 Å². The average Bonchev–Trinajstić information content (AvgIpc) is 2.89. The minimum Gasteiger partial charge on any atom is -0.497 e. The summed E-state index contributed by atoms with van der Waals surface area (Å²) in [5, 5.41) is 8.73. The van der Waals surface area contributed by atoms with E-state index in [-0.39, 0.29) is 0 Å². The summed E-state index contributed by atoms with van der Waals surface area (Å²) in [7, 11) is 3.70. The van der Waals surface area contributed by atoms with Crippen molar-refractivity contribution < 1.29 is 4.74 Å². The lowest BCUT2D eigenvalue weighted by atomic mass is 10.2. The number of hydrogen-bond acceptors (Lipinski definition) is 4. The van der Waals surface area contributed by atoms with Gasteiger partial charge in [-0.05, 0) is 25.6 Å². The zero-order valence-corrected chi connectivity index (χ0v) is 11.0. The van der Waals surface area contributed by atoms with Gasteiger partial charge in [0.1, 0.15) is 5.75 Å². The SMILES string of the molecule is COc1cccc(N2CCC(N(C)CC#N)C2)c1. The molecule has 96 valence electrons. The molecule has 1 aromatic rings. The lowest BCUT2D eigenvalue weighted by Crippen LogP contribution is -2.34. The maximum atomic E-state index is 8.73. The fraction of sp³-hybridized carbons (Fsp3) is 0.500. The van der Waals surface area contributed by atoms with Gasteiger partial charge in [0.15, 0.2) is 0 Å². The van der Waals surface area contributed by atoms with Crippen molar-refractivity contribution in [3.05, 3.63) is 24.3 Å². The lowest BCUT2D eigenvalue weighted by molar-refractivity contribution is 0.289. The first kappa shape index (κ1) is 12.7. The summed E-state index contributed by atoms with van der Waals surface area (Å²) in [5.41, 5.74) is 1.20. The Labute approximate surface area is 108 Å². The van der Waals surface area contributed by atoms with Gasteiger partial charge in [-0.25, -0.2) is 0 Å². The van der Waals surface area contributed by atoms with Crippen molar-refractivity contribution >= 4 is 5.69 Å². The fourth-order valence-corrected chi connectivity index (χ4v) is 2.38. The Kier molecular flexibility index (Phi) is 4.06. The van der Waals surface area contributed by atoms with E-state index >= 15 is 0 Å². The monoisotopic (exact) mass is 245 g/mol. The van der Waals surface area contributed by atoms with E-state index in [1.54, 1.807) is 7.11 Å². The Morgan fingerprint density at radius 3 is 3.11 bits per heavy atom. The van der Waals surface area contributed by atoms with E-state index < -0.39 is 0 Å². The molecule has 0 aliphatic carbocycles. The summed E-state index contributed by atoms with van der Waals surface area (Å²) >= 11 is 0. The Hall–Kier alpha value is -1.73. The third-order valence-electron chi connectivity index (χ3n) is 3.53. The second-order valence-corrected chi connectivity index (χ2v) is 4.66. The molecule has 0 aromatic heterocycles. The molecule has 1 heterocycles. The number of rotatable bonds is 4. The first-order valence-corrected chi connectivity index (χ1v) is 6.21. The van der Waals surface area contributed by atoms with E-state index in [1.807, 2.05) is 19.2 Å². The molecule has 0 bridgehead atoms. The summed E-state index contributed by atoms with van der Waals surface area (Å²) in [4.78, 5) is 4.47. The van der Waals surface area contributed by atoms with Crippen molar-refractivity contribution in [2.45, 2.75) is 12.5 Å². The van der Waals surface area contributed by atoms with Crippen LogP contribution in [0.2, 0.25) is 0 Å². The fourth-order valence-electron chi connectivity index (χ4n) is 2.38. The molecule has 1 aliphatic rings. The number of nitrogens with zero attached hydrogens (tertiary/aromatic N) is 3. The molecule has 0 N–H and O–H groups in total. The Morgan fingerprint density at radius 2 is 2.39 bits per heavy atom. The van der Waals surface area contributed by atoms with Crippen LogP contribution in [0.3, 0.4) is 0 Å². The molecule has 0 radical (unpaired) electrons. The molecule has 4 nitrogen and oxygen atoms in total. The molecular weight excluding hydrogens is 226 g/mol. The van der Waals surface area contributed by atoms with E-state index in [0.29, 0.717) is 12.6 Å². The number of nitriles is 1. The van der Waals surface area contributed by atoms with Crippen LogP contribution in [0.15, 0.2) is 24.3 Å². The maximum Gasteiger partial charge on any atom is 0.120 e. The Balaban J connectivity index is 2.02. The van der Waals surface area contributed by atoms with E-state index in [2.05, 4.69) is 28.0 Å². The van der Waals surface area contributed by atoms with Gasteiger partial charge in [0.25, 0.3) is 0 Å². The predicted molar refractivity (Wildman–Crippen MR) is 71.9 cm³/mol. The summed E-state index contributed by atoms with van der Waals surface area (Å²) < 4.78 is 5.25. The topological polar surface area (TPSA) is 39.5 Å². The average molecular weight is 245 g/mol. The van der Waals surface area contributed by atoms with E-state index in [0.717, 1.165) is 25.3 Å². The predicted octanol–water partition coefficient (Wildman–Crippen LogP) is 1.73. The number of anilines is 1. The smallest absolute Gasteiger partial charge is 0.120 e. The number of hydrogen-bond donors (Lipinski definition) is 0. The minimum atomic E-state index is 0.468. The quantitative estimate of drug-likeness (QED) is 0.757. The summed E-state index contributed by atoms with van der Waals surface area (Å²) in [6, 6.07) is 10.8. The number of benzene rings is 1. The highest BCUT2D eigenvalue weighted by molar-refractivity contribution is 5.51. The van der Waals surface area contributed by atoms with Crippen LogP contribution in [0.25, 0.3) is 0 Å². The molecule has 0 amide bonds. The van der Waals surface area contributed by atoms with Crippen LogP contribution in [0, 0.1) is 11.3 Å². The second kappa shape index (κ2) is 5.74. The number of likely N-dealkylation sites (N-methyl/N-ethyl adjacent to an activating group) is 1. The molecule has 0 spiro atoms. The lowest BCUT2D eigenvalue weighted by Gasteiger charge is -2.23. The van der Waals surface area contributed by atoms with Crippen LogP contribution in [-0.4, -0.2) is 44.7 Å². The first-order chi connectivity index (χ1) is 8.74. The second-order valence-electron chi connectivity index (χ2n) is 4.66. The molecule has 1 unspecified atom stereocenters. The van der Waals surface area contributed by atoms with E-state index in [4.69, 9.17) is 10.00 Å². The van der Waals surface area contributed by atoms with Gasteiger partial charge in [0.2, 0.25) is 0 Å². The molecule has 1 atom stereocenters. The zero-order chi connectivity index (χ0) is 13.0. The van der Waals surface area contributed by atoms with Gasteiger partial charge < -0.3 is 9.64 Å². The summed E-state index contributed by atoms with van der Waals surface area (Å²) in [6.45, 7) is 2.51. The van der Waals surface area contributed by atoms with Crippen LogP contribution in [0.4, 0.5) is 5.69 Å². The Bertz CT molecular complexity index is 441. The van der Waals surface area contributed by atoms with Crippen molar-refractivity contribution in [1.29, 1.82) is 5.26 Å². The molecule has 1 aromatic carbocycles. The highest BCUT2D eigenvalue weighted by atomic mass is 16.5. The zero-order valence-electron chi connectivity index (χ0n) is 11.0. The van der Waals surface area contributed by atoms with Gasteiger partial charge in [-0.1, -0.05) is 6.07 Å². The van der Waals surface area contributed by atoms with Crippen molar-refractivity contribution in [2.24, 2.45) is 0 Å². The van der Waals surface area contributed by atoms with Gasteiger partial charge in [0, 0.05) is 30.9 Å². The largest absolute Gasteiger partial charge is 0.497 e. The first-order valence-electron chi connectivity index (χ1n) is 6.21. The van der Waals surface area contributed by atoms with Gasteiger partial charge >= 0.3 is 0 Å². The van der Waals surface area contributed by atoms with Crippen LogP contribution in [-0.2, 0) is 0 Å². The van der Waals surface area contributed by atoms with Crippen molar-refractivity contribution in [3.63, 3.8) is 0 Å². The molecule has 1 fully saturated rings. The van der Waals surface area contributed by atoms with Crippen molar-refractivity contribution in [3.8, 4) is 11.8 Å². The summed E-state index contributed by atoms with van der Waals surface area (Å²) in [5.74, 6) is 0.890. The van der Waals surface area contributed by atoms with Crippen LogP contribution < -0.4 is 9.64 Å². The number of methoxy groups -OCH3 is 1. The normalized spacial score (nSPS) is 19.0. The molecule has 18 heavy (non-hydrogen) atoms. The molecule has 1 aliphatic heterocycles. The molecular formula is C14H19N3O. The van der Waals surface area contributed by atoms with E-state index in [1.165, 1.54) is 5.69 Å². The Morgan fingerprint density at radius 1 is 1.56 bits per heavy atom. The third-order valence-corrected chi connectivity index (χ3v) is 3.53. The third kappa shape index (κ3) is 2.74. The van der Waals surface area contributed by atoms with Crippen LogP contribution in [0.5, 0.6) is 5.75 Å². The van der Waals surface area contributed by atoms with Gasteiger partial charge in [0.05, 0.1) is 19.7 Å². The molecule has 2 rings (SSSR count).